The smallest absolute Gasteiger partial charge is 0.273 e. The van der Waals surface area contributed by atoms with Crippen molar-refractivity contribution in [2.45, 2.75) is 19.8 Å². The molecule has 0 fully saturated rings. The van der Waals surface area contributed by atoms with E-state index in [4.69, 9.17) is 4.74 Å². The van der Waals surface area contributed by atoms with Gasteiger partial charge in [-0.3, -0.25) is 10.1 Å². The van der Waals surface area contributed by atoms with Crippen LogP contribution in [0.3, 0.4) is 0 Å². The highest BCUT2D eigenvalue weighted by molar-refractivity contribution is 9.10. The van der Waals surface area contributed by atoms with E-state index in [0.29, 0.717) is 22.1 Å². The van der Waals surface area contributed by atoms with Gasteiger partial charge < -0.3 is 4.74 Å². The van der Waals surface area contributed by atoms with Crippen molar-refractivity contribution in [1.29, 1.82) is 0 Å². The number of non-ortho nitro benzene ring substituents is 1. The number of nitrogens with zero attached hydrogens (tertiary/aromatic N) is 3. The van der Waals surface area contributed by atoms with Crippen LogP contribution in [0.15, 0.2) is 34.9 Å². The summed E-state index contributed by atoms with van der Waals surface area (Å²) in [6.45, 7) is 3.94. The molecule has 2 rings (SSSR count). The lowest BCUT2D eigenvalue weighted by molar-refractivity contribution is -0.384. The lowest BCUT2D eigenvalue weighted by Gasteiger charge is -2.08. The topological polar surface area (TPSA) is 78.2 Å². The minimum absolute atomic E-state index is 0.0281. The van der Waals surface area contributed by atoms with Crippen molar-refractivity contribution in [3.8, 4) is 11.6 Å². The first-order valence-electron chi connectivity index (χ1n) is 5.92. The van der Waals surface area contributed by atoms with Crippen LogP contribution >= 0.6 is 15.9 Å². The zero-order valence-corrected chi connectivity index (χ0v) is 12.5. The molecule has 0 saturated heterocycles. The van der Waals surface area contributed by atoms with Crippen molar-refractivity contribution in [2.75, 3.05) is 0 Å². The van der Waals surface area contributed by atoms with E-state index in [1.165, 1.54) is 12.1 Å². The second-order valence-corrected chi connectivity index (χ2v) is 5.21. The molecule has 0 saturated carbocycles. The van der Waals surface area contributed by atoms with Crippen LogP contribution in [0, 0.1) is 10.1 Å². The molecule has 1 aromatic carbocycles. The van der Waals surface area contributed by atoms with E-state index in [2.05, 4.69) is 25.9 Å². The fourth-order valence-corrected chi connectivity index (χ4v) is 1.88. The largest absolute Gasteiger partial charge is 0.439 e. The van der Waals surface area contributed by atoms with Crippen LogP contribution in [0.4, 0.5) is 5.69 Å². The molecule has 0 unspecified atom stereocenters. The highest BCUT2D eigenvalue weighted by Crippen LogP contribution is 2.26. The van der Waals surface area contributed by atoms with Crippen LogP contribution in [0.25, 0.3) is 0 Å². The Bertz CT molecular complexity index is 647. The van der Waals surface area contributed by atoms with E-state index in [-0.39, 0.29) is 11.6 Å². The quantitative estimate of drug-likeness (QED) is 0.477. The second kappa shape index (κ2) is 5.96. The van der Waals surface area contributed by atoms with Gasteiger partial charge in [0.1, 0.15) is 16.2 Å². The lowest BCUT2D eigenvalue weighted by Crippen LogP contribution is -2.00. The van der Waals surface area contributed by atoms with Crippen molar-refractivity contribution < 1.29 is 9.66 Å². The third-order valence-electron chi connectivity index (χ3n) is 2.46. The van der Waals surface area contributed by atoms with Crippen molar-refractivity contribution in [3.63, 3.8) is 0 Å². The maximum atomic E-state index is 10.7. The molecule has 20 heavy (non-hydrogen) atoms. The first-order chi connectivity index (χ1) is 9.45. The van der Waals surface area contributed by atoms with Crippen molar-refractivity contribution in [3.05, 3.63) is 50.9 Å². The number of nitro groups is 1. The van der Waals surface area contributed by atoms with Gasteiger partial charge in [-0.05, 0) is 22.0 Å². The molecule has 104 valence electrons. The zero-order valence-electron chi connectivity index (χ0n) is 10.9. The Morgan fingerprint density at radius 2 is 2.05 bits per heavy atom. The summed E-state index contributed by atoms with van der Waals surface area (Å²) in [4.78, 5) is 18.8. The van der Waals surface area contributed by atoms with Gasteiger partial charge in [-0.1, -0.05) is 19.9 Å². The minimum atomic E-state index is -0.470. The lowest BCUT2D eigenvalue weighted by atomic mass is 10.2. The molecule has 0 atom stereocenters. The molecule has 0 aliphatic heterocycles. The summed E-state index contributed by atoms with van der Waals surface area (Å²) in [6, 6.07) is 7.57. The van der Waals surface area contributed by atoms with E-state index in [1.54, 1.807) is 18.2 Å². The first kappa shape index (κ1) is 14.4. The van der Waals surface area contributed by atoms with E-state index in [0.717, 1.165) is 0 Å². The molecular formula is C13H12BrN3O3. The van der Waals surface area contributed by atoms with Crippen LogP contribution in [0.2, 0.25) is 0 Å². The minimum Gasteiger partial charge on any atom is -0.439 e. The highest BCUT2D eigenvalue weighted by atomic mass is 79.9. The molecule has 6 nitrogen and oxygen atoms in total. The third-order valence-corrected chi connectivity index (χ3v) is 2.86. The van der Waals surface area contributed by atoms with Gasteiger partial charge in [-0.15, -0.1) is 0 Å². The van der Waals surface area contributed by atoms with Gasteiger partial charge in [0, 0.05) is 18.1 Å². The summed E-state index contributed by atoms with van der Waals surface area (Å²) in [7, 11) is 0. The Labute approximate surface area is 124 Å². The second-order valence-electron chi connectivity index (χ2n) is 4.40. The van der Waals surface area contributed by atoms with E-state index >= 15 is 0 Å². The molecule has 0 spiro atoms. The van der Waals surface area contributed by atoms with E-state index in [9.17, 15) is 10.1 Å². The van der Waals surface area contributed by atoms with Crippen molar-refractivity contribution in [2.24, 2.45) is 0 Å². The molecule has 1 aromatic heterocycles. The fraction of sp³-hybridized carbons (Fsp3) is 0.231. The summed E-state index contributed by atoms with van der Waals surface area (Å²) < 4.78 is 6.16. The van der Waals surface area contributed by atoms with E-state index in [1.807, 2.05) is 13.8 Å². The predicted octanol–water partition coefficient (Wildman–Crippen LogP) is 4.06. The SMILES string of the molecule is CC(C)c1nc(Br)cc(Oc2cccc([N+](=O)[O-])c2)n1. The Balaban J connectivity index is 2.30. The van der Waals surface area contributed by atoms with Gasteiger partial charge in [-0.25, -0.2) is 4.98 Å². The maximum absolute atomic E-state index is 10.7. The molecule has 0 amide bonds. The molecule has 0 aliphatic carbocycles. The normalized spacial score (nSPS) is 10.6. The third kappa shape index (κ3) is 3.51. The summed E-state index contributed by atoms with van der Waals surface area (Å²) in [5.41, 5.74) is -0.0281. The van der Waals surface area contributed by atoms with Gasteiger partial charge >= 0.3 is 0 Å². The number of aromatic nitrogens is 2. The number of rotatable bonds is 4. The Morgan fingerprint density at radius 3 is 2.70 bits per heavy atom. The van der Waals surface area contributed by atoms with Crippen LogP contribution < -0.4 is 4.74 Å². The molecule has 2 aromatic rings. The standard InChI is InChI=1S/C13H12BrN3O3/c1-8(2)13-15-11(14)7-12(16-13)20-10-5-3-4-9(6-10)17(18)19/h3-8H,1-2H3. The zero-order chi connectivity index (χ0) is 14.7. The number of hydrogen-bond acceptors (Lipinski definition) is 5. The Kier molecular flexibility index (Phi) is 4.29. The number of benzene rings is 1. The summed E-state index contributed by atoms with van der Waals surface area (Å²) in [5.74, 6) is 1.50. The van der Waals surface area contributed by atoms with Gasteiger partial charge in [0.2, 0.25) is 5.88 Å². The van der Waals surface area contributed by atoms with Crippen molar-refractivity contribution >= 4 is 21.6 Å². The van der Waals surface area contributed by atoms with Crippen LogP contribution in [0.5, 0.6) is 11.6 Å². The summed E-state index contributed by atoms with van der Waals surface area (Å²) in [5, 5.41) is 10.7. The molecular weight excluding hydrogens is 326 g/mol. The number of ether oxygens (including phenoxy) is 1. The van der Waals surface area contributed by atoms with Crippen LogP contribution in [-0.2, 0) is 0 Å². The van der Waals surface area contributed by atoms with E-state index < -0.39 is 4.92 Å². The average Bonchev–Trinajstić information content (AvgIpc) is 2.38. The number of halogens is 1. The molecule has 0 radical (unpaired) electrons. The molecule has 7 heteroatoms. The molecule has 0 bridgehead atoms. The Hall–Kier alpha value is -2.02. The van der Waals surface area contributed by atoms with Gasteiger partial charge in [0.15, 0.2) is 0 Å². The number of nitro benzene ring substituents is 1. The summed E-state index contributed by atoms with van der Waals surface area (Å²) >= 11 is 3.29. The predicted molar refractivity (Wildman–Crippen MR) is 77.0 cm³/mol. The fourth-order valence-electron chi connectivity index (χ4n) is 1.51. The molecule has 0 N–H and O–H groups in total. The van der Waals surface area contributed by atoms with Crippen LogP contribution in [0.1, 0.15) is 25.6 Å². The van der Waals surface area contributed by atoms with Gasteiger partial charge in [0.25, 0.3) is 5.69 Å². The number of hydrogen-bond donors (Lipinski definition) is 0. The maximum Gasteiger partial charge on any atom is 0.273 e. The molecule has 0 aliphatic rings. The average molecular weight is 338 g/mol. The van der Waals surface area contributed by atoms with Gasteiger partial charge in [0.05, 0.1) is 11.0 Å². The Morgan fingerprint density at radius 1 is 1.30 bits per heavy atom. The highest BCUT2D eigenvalue weighted by Gasteiger charge is 2.10. The van der Waals surface area contributed by atoms with Gasteiger partial charge in [-0.2, -0.15) is 4.98 Å². The monoisotopic (exact) mass is 337 g/mol. The molecule has 1 heterocycles. The first-order valence-corrected chi connectivity index (χ1v) is 6.72. The van der Waals surface area contributed by atoms with Crippen molar-refractivity contribution in [1.82, 2.24) is 9.97 Å². The summed E-state index contributed by atoms with van der Waals surface area (Å²) in [6.07, 6.45) is 0. The van der Waals surface area contributed by atoms with Crippen LogP contribution in [-0.4, -0.2) is 14.9 Å².